The van der Waals surface area contributed by atoms with Gasteiger partial charge in [0.05, 0.1) is 19.3 Å². The lowest BCUT2D eigenvalue weighted by atomic mass is 10.0. The van der Waals surface area contributed by atoms with Crippen molar-refractivity contribution in [3.8, 4) is 11.8 Å². The van der Waals surface area contributed by atoms with E-state index in [-0.39, 0.29) is 25.2 Å². The summed E-state index contributed by atoms with van der Waals surface area (Å²) in [6, 6.07) is 1.76. The normalized spacial score (nSPS) is 18.5. The molecule has 1 aliphatic heterocycles. The Morgan fingerprint density at radius 1 is 1.45 bits per heavy atom. The molecular weight excluding hydrogens is 274 g/mol. The highest BCUT2D eigenvalue weighted by Gasteiger charge is 2.28. The zero-order chi connectivity index (χ0) is 14.4. The second-order valence-electron chi connectivity index (χ2n) is 4.77. The molecule has 20 heavy (non-hydrogen) atoms. The Balaban J connectivity index is 2.17. The van der Waals surface area contributed by atoms with Crippen molar-refractivity contribution in [2.24, 2.45) is 0 Å². The molecule has 0 radical (unpaired) electrons. The van der Waals surface area contributed by atoms with E-state index in [1.807, 2.05) is 11.4 Å². The van der Waals surface area contributed by atoms with Crippen LogP contribution in [0.1, 0.15) is 40.9 Å². The fourth-order valence-electron chi connectivity index (χ4n) is 2.38. The largest absolute Gasteiger partial charge is 0.395 e. The van der Waals surface area contributed by atoms with Crippen LogP contribution in [0.5, 0.6) is 0 Å². The molecular formula is C15H19NO3S. The first-order valence-corrected chi connectivity index (χ1v) is 7.75. The van der Waals surface area contributed by atoms with E-state index in [1.54, 1.807) is 4.90 Å². The van der Waals surface area contributed by atoms with Gasteiger partial charge in [-0.3, -0.25) is 4.79 Å². The molecule has 0 aliphatic carbocycles. The molecule has 1 fully saturated rings. The van der Waals surface area contributed by atoms with Crippen molar-refractivity contribution in [3.05, 3.63) is 21.9 Å². The number of thiophene rings is 1. The Morgan fingerprint density at radius 3 is 3.05 bits per heavy atom. The van der Waals surface area contributed by atoms with Crippen molar-refractivity contribution in [2.45, 2.75) is 31.7 Å². The molecule has 2 N–H and O–H groups in total. The number of hydrogen-bond acceptors (Lipinski definition) is 4. The van der Waals surface area contributed by atoms with Gasteiger partial charge in [0.2, 0.25) is 0 Å². The Labute approximate surface area is 123 Å². The summed E-state index contributed by atoms with van der Waals surface area (Å²) in [5.41, 5.74) is 0.718. The lowest BCUT2D eigenvalue weighted by Gasteiger charge is -2.34. The van der Waals surface area contributed by atoms with Crippen LogP contribution in [0.15, 0.2) is 11.4 Å². The molecule has 0 aromatic carbocycles. The van der Waals surface area contributed by atoms with Gasteiger partial charge in [0, 0.05) is 18.5 Å². The zero-order valence-corrected chi connectivity index (χ0v) is 12.2. The van der Waals surface area contributed by atoms with Crippen LogP contribution < -0.4 is 0 Å². The maximum Gasteiger partial charge on any atom is 0.265 e. The first-order valence-electron chi connectivity index (χ1n) is 6.87. The number of piperidine rings is 1. The van der Waals surface area contributed by atoms with Gasteiger partial charge < -0.3 is 15.1 Å². The maximum atomic E-state index is 12.6. The Hall–Kier alpha value is -1.35. The van der Waals surface area contributed by atoms with Crippen LogP contribution in [0.2, 0.25) is 0 Å². The number of hydrogen-bond donors (Lipinski definition) is 2. The fourth-order valence-corrected chi connectivity index (χ4v) is 3.18. The number of carbonyl (C=O) groups excluding carboxylic acids is 1. The van der Waals surface area contributed by atoms with Gasteiger partial charge in [-0.25, -0.2) is 0 Å². The second-order valence-corrected chi connectivity index (χ2v) is 5.69. The quantitative estimate of drug-likeness (QED) is 0.830. The fraction of sp³-hybridized carbons (Fsp3) is 0.533. The molecule has 1 aromatic rings. The van der Waals surface area contributed by atoms with Gasteiger partial charge in [-0.2, -0.15) is 0 Å². The minimum absolute atomic E-state index is 0.0165. The number of aliphatic hydroxyl groups is 2. The zero-order valence-electron chi connectivity index (χ0n) is 11.3. The molecule has 4 nitrogen and oxygen atoms in total. The highest BCUT2D eigenvalue weighted by Crippen LogP contribution is 2.23. The standard InChI is InChI=1S/C15H19NO3S/c17-9-4-2-5-12-7-10-20-14(12)15(19)16-8-3-1-6-13(16)11-18/h7,10,13,17-18H,1,3-4,6,8-9,11H2. The number of nitrogens with zero attached hydrogens (tertiary/aromatic N) is 1. The molecule has 1 aliphatic rings. The van der Waals surface area contributed by atoms with E-state index in [0.29, 0.717) is 17.8 Å². The average Bonchev–Trinajstić information content (AvgIpc) is 2.95. The summed E-state index contributed by atoms with van der Waals surface area (Å²) in [4.78, 5) is 15.0. The van der Waals surface area contributed by atoms with Gasteiger partial charge in [-0.15, -0.1) is 11.3 Å². The van der Waals surface area contributed by atoms with Crippen LogP contribution in [0, 0.1) is 11.8 Å². The predicted octanol–water partition coefficient (Wildman–Crippen LogP) is 1.47. The second kappa shape index (κ2) is 7.44. The molecule has 1 atom stereocenters. The molecule has 0 spiro atoms. The third-order valence-electron chi connectivity index (χ3n) is 3.42. The summed E-state index contributed by atoms with van der Waals surface area (Å²) in [5, 5.41) is 20.0. The van der Waals surface area contributed by atoms with Crippen molar-refractivity contribution in [1.82, 2.24) is 4.90 Å². The number of rotatable bonds is 3. The summed E-state index contributed by atoms with van der Waals surface area (Å²) in [6.45, 7) is 0.743. The van der Waals surface area contributed by atoms with Gasteiger partial charge in [0.25, 0.3) is 5.91 Å². The summed E-state index contributed by atoms with van der Waals surface area (Å²) in [6.07, 6.45) is 3.31. The highest BCUT2D eigenvalue weighted by atomic mass is 32.1. The molecule has 1 saturated heterocycles. The topological polar surface area (TPSA) is 60.8 Å². The number of carbonyl (C=O) groups is 1. The van der Waals surface area contributed by atoms with Gasteiger partial charge in [0.15, 0.2) is 0 Å². The Bertz CT molecular complexity index is 515. The number of amides is 1. The average molecular weight is 293 g/mol. The van der Waals surface area contributed by atoms with Crippen molar-refractivity contribution in [3.63, 3.8) is 0 Å². The molecule has 108 valence electrons. The molecule has 0 saturated carbocycles. The van der Waals surface area contributed by atoms with Crippen molar-refractivity contribution < 1.29 is 15.0 Å². The summed E-state index contributed by atoms with van der Waals surface area (Å²) < 4.78 is 0. The third-order valence-corrected chi connectivity index (χ3v) is 4.32. The highest BCUT2D eigenvalue weighted by molar-refractivity contribution is 7.12. The first-order chi connectivity index (χ1) is 9.77. The predicted molar refractivity (Wildman–Crippen MR) is 78.7 cm³/mol. The monoisotopic (exact) mass is 293 g/mol. The van der Waals surface area contributed by atoms with Gasteiger partial charge in [0.1, 0.15) is 4.88 Å². The van der Waals surface area contributed by atoms with E-state index in [9.17, 15) is 9.90 Å². The van der Waals surface area contributed by atoms with Crippen LogP contribution in [0.3, 0.4) is 0 Å². The van der Waals surface area contributed by atoms with Crippen molar-refractivity contribution in [1.29, 1.82) is 0 Å². The lowest BCUT2D eigenvalue weighted by molar-refractivity contribution is 0.0507. The van der Waals surface area contributed by atoms with Crippen LogP contribution in [0.4, 0.5) is 0 Å². The molecule has 0 bridgehead atoms. The van der Waals surface area contributed by atoms with E-state index in [1.165, 1.54) is 11.3 Å². The van der Waals surface area contributed by atoms with Crippen LogP contribution in [-0.4, -0.2) is 46.8 Å². The SMILES string of the molecule is O=C(c1sccc1C#CCCO)N1CCCCC1CO. The molecule has 1 amide bonds. The van der Waals surface area contributed by atoms with E-state index < -0.39 is 0 Å². The smallest absolute Gasteiger partial charge is 0.265 e. The van der Waals surface area contributed by atoms with E-state index in [2.05, 4.69) is 11.8 Å². The van der Waals surface area contributed by atoms with E-state index in [4.69, 9.17) is 5.11 Å². The molecule has 2 heterocycles. The number of likely N-dealkylation sites (tertiary alicyclic amines) is 1. The van der Waals surface area contributed by atoms with Crippen molar-refractivity contribution >= 4 is 17.2 Å². The van der Waals surface area contributed by atoms with E-state index >= 15 is 0 Å². The number of aliphatic hydroxyl groups excluding tert-OH is 2. The lowest BCUT2D eigenvalue weighted by Crippen LogP contribution is -2.45. The minimum atomic E-state index is -0.0726. The van der Waals surface area contributed by atoms with Crippen LogP contribution in [-0.2, 0) is 0 Å². The summed E-state index contributed by atoms with van der Waals surface area (Å²) >= 11 is 1.38. The Kier molecular flexibility index (Phi) is 5.60. The molecule has 1 aromatic heterocycles. The molecule has 5 heteroatoms. The van der Waals surface area contributed by atoms with E-state index in [0.717, 1.165) is 24.8 Å². The van der Waals surface area contributed by atoms with Gasteiger partial charge >= 0.3 is 0 Å². The third kappa shape index (κ3) is 3.40. The van der Waals surface area contributed by atoms with Crippen LogP contribution in [0.25, 0.3) is 0 Å². The Morgan fingerprint density at radius 2 is 2.30 bits per heavy atom. The maximum absolute atomic E-state index is 12.6. The van der Waals surface area contributed by atoms with Gasteiger partial charge in [-0.1, -0.05) is 11.8 Å². The van der Waals surface area contributed by atoms with Crippen LogP contribution >= 0.6 is 11.3 Å². The first kappa shape index (κ1) is 15.0. The minimum Gasteiger partial charge on any atom is -0.395 e. The van der Waals surface area contributed by atoms with Gasteiger partial charge in [-0.05, 0) is 30.7 Å². The van der Waals surface area contributed by atoms with Crippen molar-refractivity contribution in [2.75, 3.05) is 19.8 Å². The molecule has 2 rings (SSSR count). The summed E-state index contributed by atoms with van der Waals surface area (Å²) in [7, 11) is 0. The molecule has 1 unspecified atom stereocenters. The summed E-state index contributed by atoms with van der Waals surface area (Å²) in [5.74, 6) is 5.75.